The van der Waals surface area contributed by atoms with Crippen LogP contribution in [-0.4, -0.2) is 24.5 Å². The highest BCUT2D eigenvalue weighted by atomic mass is 16.2. The highest BCUT2D eigenvalue weighted by Gasteiger charge is 2.21. The summed E-state index contributed by atoms with van der Waals surface area (Å²) in [5, 5.41) is 6.58. The molecule has 0 aromatic carbocycles. The molecule has 2 aliphatic carbocycles. The smallest absolute Gasteiger partial charge is 0.237 e. The van der Waals surface area contributed by atoms with Crippen LogP contribution in [-0.2, 0) is 4.79 Å². The van der Waals surface area contributed by atoms with E-state index >= 15 is 0 Å². The SMILES string of the molecule is CC1CCCC(CCNC(C)C(=O)NC2CCCC2)C1. The van der Waals surface area contributed by atoms with E-state index in [0.717, 1.165) is 18.4 Å². The van der Waals surface area contributed by atoms with Crippen molar-refractivity contribution >= 4 is 5.91 Å². The lowest BCUT2D eigenvalue weighted by Gasteiger charge is -2.27. The van der Waals surface area contributed by atoms with E-state index < -0.39 is 0 Å². The summed E-state index contributed by atoms with van der Waals surface area (Å²) in [5.41, 5.74) is 0. The van der Waals surface area contributed by atoms with E-state index in [1.807, 2.05) is 6.92 Å². The molecule has 116 valence electrons. The molecule has 2 fully saturated rings. The Labute approximate surface area is 124 Å². The van der Waals surface area contributed by atoms with Crippen molar-refractivity contribution in [3.8, 4) is 0 Å². The van der Waals surface area contributed by atoms with Crippen LogP contribution in [0.25, 0.3) is 0 Å². The first-order chi connectivity index (χ1) is 9.65. The standard InChI is InChI=1S/C17H32N2O/c1-13-6-5-7-15(12-13)10-11-18-14(2)17(20)19-16-8-3-4-9-16/h13-16,18H,3-12H2,1-2H3,(H,19,20). The Kier molecular flexibility index (Phi) is 6.34. The number of hydrogen-bond acceptors (Lipinski definition) is 2. The third-order valence-corrected chi connectivity index (χ3v) is 5.14. The van der Waals surface area contributed by atoms with Crippen LogP contribution in [0.3, 0.4) is 0 Å². The summed E-state index contributed by atoms with van der Waals surface area (Å²) in [6, 6.07) is 0.391. The zero-order valence-electron chi connectivity index (χ0n) is 13.3. The molecule has 3 atom stereocenters. The summed E-state index contributed by atoms with van der Waals surface area (Å²) in [6.45, 7) is 5.35. The molecule has 0 aliphatic heterocycles. The summed E-state index contributed by atoms with van der Waals surface area (Å²) >= 11 is 0. The van der Waals surface area contributed by atoms with Gasteiger partial charge in [0.2, 0.25) is 5.91 Å². The van der Waals surface area contributed by atoms with Crippen molar-refractivity contribution < 1.29 is 4.79 Å². The topological polar surface area (TPSA) is 41.1 Å². The Morgan fingerprint density at radius 2 is 1.90 bits per heavy atom. The van der Waals surface area contributed by atoms with E-state index in [2.05, 4.69) is 17.6 Å². The Bertz CT molecular complexity index is 299. The van der Waals surface area contributed by atoms with Crippen LogP contribution in [0.15, 0.2) is 0 Å². The van der Waals surface area contributed by atoms with E-state index in [1.54, 1.807) is 0 Å². The number of hydrogen-bond donors (Lipinski definition) is 2. The summed E-state index contributed by atoms with van der Waals surface area (Å²) in [5.74, 6) is 1.96. The van der Waals surface area contributed by atoms with Gasteiger partial charge in [0, 0.05) is 6.04 Å². The van der Waals surface area contributed by atoms with Gasteiger partial charge >= 0.3 is 0 Å². The van der Waals surface area contributed by atoms with Crippen molar-refractivity contribution in [1.82, 2.24) is 10.6 Å². The quantitative estimate of drug-likeness (QED) is 0.784. The lowest BCUT2D eigenvalue weighted by atomic mass is 9.81. The molecule has 0 saturated heterocycles. The van der Waals surface area contributed by atoms with E-state index in [1.165, 1.54) is 57.8 Å². The first-order valence-electron chi connectivity index (χ1n) is 8.69. The molecule has 0 bridgehead atoms. The molecule has 2 rings (SSSR count). The Balaban J connectivity index is 1.59. The molecular formula is C17H32N2O. The maximum atomic E-state index is 12.1. The second-order valence-electron chi connectivity index (χ2n) is 7.09. The van der Waals surface area contributed by atoms with E-state index in [-0.39, 0.29) is 11.9 Å². The Hall–Kier alpha value is -0.570. The number of amides is 1. The highest BCUT2D eigenvalue weighted by molar-refractivity contribution is 5.81. The van der Waals surface area contributed by atoms with Gasteiger partial charge in [-0.25, -0.2) is 0 Å². The lowest BCUT2D eigenvalue weighted by molar-refractivity contribution is -0.123. The van der Waals surface area contributed by atoms with Crippen molar-refractivity contribution in [2.24, 2.45) is 11.8 Å². The van der Waals surface area contributed by atoms with Crippen LogP contribution in [0.5, 0.6) is 0 Å². The number of rotatable bonds is 6. The van der Waals surface area contributed by atoms with Gasteiger partial charge < -0.3 is 10.6 Å². The van der Waals surface area contributed by atoms with Gasteiger partial charge in [-0.1, -0.05) is 39.0 Å². The zero-order chi connectivity index (χ0) is 14.4. The van der Waals surface area contributed by atoms with Gasteiger partial charge in [0.1, 0.15) is 0 Å². The van der Waals surface area contributed by atoms with Crippen molar-refractivity contribution in [3.05, 3.63) is 0 Å². The summed E-state index contributed by atoms with van der Waals surface area (Å²) < 4.78 is 0. The lowest BCUT2D eigenvalue weighted by Crippen LogP contribution is -2.46. The van der Waals surface area contributed by atoms with Gasteiger partial charge in [-0.3, -0.25) is 4.79 Å². The van der Waals surface area contributed by atoms with Gasteiger partial charge in [0.15, 0.2) is 0 Å². The van der Waals surface area contributed by atoms with Crippen molar-refractivity contribution in [3.63, 3.8) is 0 Å². The molecule has 2 N–H and O–H groups in total. The minimum atomic E-state index is -0.0448. The number of carbonyl (C=O) groups is 1. The summed E-state index contributed by atoms with van der Waals surface area (Å²) in [6.07, 6.45) is 11.7. The van der Waals surface area contributed by atoms with Crippen molar-refractivity contribution in [1.29, 1.82) is 0 Å². The van der Waals surface area contributed by atoms with Crippen LogP contribution < -0.4 is 10.6 Å². The minimum Gasteiger partial charge on any atom is -0.352 e. The molecule has 3 heteroatoms. The van der Waals surface area contributed by atoms with Crippen LogP contribution in [0.4, 0.5) is 0 Å². The number of carbonyl (C=O) groups excluding carboxylic acids is 1. The Morgan fingerprint density at radius 3 is 2.60 bits per heavy atom. The summed E-state index contributed by atoms with van der Waals surface area (Å²) in [4.78, 5) is 12.1. The van der Waals surface area contributed by atoms with Gasteiger partial charge in [-0.2, -0.15) is 0 Å². The molecule has 1 amide bonds. The van der Waals surface area contributed by atoms with E-state index in [9.17, 15) is 4.79 Å². The molecule has 0 aromatic heterocycles. The van der Waals surface area contributed by atoms with Crippen LogP contribution in [0.1, 0.15) is 71.6 Å². The third-order valence-electron chi connectivity index (χ3n) is 5.14. The molecule has 0 aromatic rings. The molecule has 3 nitrogen and oxygen atoms in total. The third kappa shape index (κ3) is 5.08. The van der Waals surface area contributed by atoms with Gasteiger partial charge in [0.25, 0.3) is 0 Å². The highest BCUT2D eigenvalue weighted by Crippen LogP contribution is 2.30. The molecule has 3 unspecified atom stereocenters. The van der Waals surface area contributed by atoms with Gasteiger partial charge in [-0.15, -0.1) is 0 Å². The molecule has 0 radical (unpaired) electrons. The first-order valence-corrected chi connectivity index (χ1v) is 8.69. The van der Waals surface area contributed by atoms with Crippen LogP contribution >= 0.6 is 0 Å². The van der Waals surface area contributed by atoms with Crippen molar-refractivity contribution in [2.45, 2.75) is 83.7 Å². The van der Waals surface area contributed by atoms with E-state index in [0.29, 0.717) is 6.04 Å². The fourth-order valence-electron chi connectivity index (χ4n) is 3.81. The largest absolute Gasteiger partial charge is 0.352 e. The van der Waals surface area contributed by atoms with Gasteiger partial charge in [-0.05, 0) is 51.0 Å². The maximum Gasteiger partial charge on any atom is 0.237 e. The first kappa shape index (κ1) is 15.8. The second-order valence-corrected chi connectivity index (χ2v) is 7.09. The predicted octanol–water partition coefficient (Wildman–Crippen LogP) is 3.24. The molecule has 0 spiro atoms. The average molecular weight is 280 g/mol. The predicted molar refractivity (Wildman–Crippen MR) is 83.6 cm³/mol. The molecule has 20 heavy (non-hydrogen) atoms. The monoisotopic (exact) mass is 280 g/mol. The summed E-state index contributed by atoms with van der Waals surface area (Å²) in [7, 11) is 0. The average Bonchev–Trinajstić information content (AvgIpc) is 2.91. The minimum absolute atomic E-state index is 0.0448. The zero-order valence-corrected chi connectivity index (χ0v) is 13.3. The molecule has 0 heterocycles. The van der Waals surface area contributed by atoms with Crippen molar-refractivity contribution in [2.75, 3.05) is 6.54 Å². The van der Waals surface area contributed by atoms with E-state index in [4.69, 9.17) is 0 Å². The Morgan fingerprint density at radius 1 is 1.15 bits per heavy atom. The fourth-order valence-corrected chi connectivity index (χ4v) is 3.81. The van der Waals surface area contributed by atoms with Gasteiger partial charge in [0.05, 0.1) is 6.04 Å². The number of nitrogens with one attached hydrogen (secondary N) is 2. The normalized spacial score (nSPS) is 29.3. The molecule has 2 aliphatic rings. The molecule has 2 saturated carbocycles. The fraction of sp³-hybridized carbons (Fsp3) is 0.941. The maximum absolute atomic E-state index is 12.1. The molecular weight excluding hydrogens is 248 g/mol. The van der Waals surface area contributed by atoms with Crippen LogP contribution in [0, 0.1) is 11.8 Å². The second kappa shape index (κ2) is 8.02. The van der Waals surface area contributed by atoms with Crippen LogP contribution in [0.2, 0.25) is 0 Å².